The number of aliphatic carboxylic acids is 1. The molecule has 1 saturated heterocycles. The van der Waals surface area contributed by atoms with Crippen LogP contribution in [0.4, 0.5) is 0 Å². The van der Waals surface area contributed by atoms with Gasteiger partial charge in [-0.2, -0.15) is 0 Å². The lowest BCUT2D eigenvalue weighted by molar-refractivity contribution is -0.141. The van der Waals surface area contributed by atoms with Gasteiger partial charge in [-0.05, 0) is 24.3 Å². The minimum atomic E-state index is -1.10. The van der Waals surface area contributed by atoms with E-state index in [9.17, 15) is 14.7 Å². The van der Waals surface area contributed by atoms with Gasteiger partial charge >= 0.3 is 5.97 Å². The second-order valence-corrected chi connectivity index (χ2v) is 4.64. The molecule has 1 heterocycles. The van der Waals surface area contributed by atoms with Crippen LogP contribution in [0, 0.1) is 0 Å². The normalized spacial score (nSPS) is 23.1. The van der Waals surface area contributed by atoms with E-state index in [4.69, 9.17) is 16.7 Å². The van der Waals surface area contributed by atoms with Gasteiger partial charge in [-0.25, -0.2) is 4.79 Å². The number of halogens is 1. The first-order valence-corrected chi connectivity index (χ1v) is 5.84. The molecule has 18 heavy (non-hydrogen) atoms. The molecule has 1 aliphatic heterocycles. The third-order valence-electron chi connectivity index (χ3n) is 2.92. The number of carboxylic acids is 1. The van der Waals surface area contributed by atoms with Crippen molar-refractivity contribution in [2.75, 3.05) is 6.54 Å². The minimum absolute atomic E-state index is 0.0401. The molecule has 1 unspecified atom stereocenters. The lowest BCUT2D eigenvalue weighted by atomic mass is 10.1. The number of carboxylic acid groups (broad SMARTS) is 1. The molecule has 1 fully saturated rings. The van der Waals surface area contributed by atoms with Gasteiger partial charge in [-0.15, -0.1) is 0 Å². The molecule has 6 heteroatoms. The number of β-amino-alcohol motifs (C(OH)–C–C–N with tert-alkyl or cyclic N) is 1. The summed E-state index contributed by atoms with van der Waals surface area (Å²) in [6.45, 7) is 0.0401. The van der Waals surface area contributed by atoms with Crippen molar-refractivity contribution in [3.8, 4) is 0 Å². The zero-order chi connectivity index (χ0) is 13.3. The molecule has 0 bridgehead atoms. The van der Waals surface area contributed by atoms with Crippen molar-refractivity contribution >= 4 is 23.5 Å². The molecule has 1 aromatic rings. The van der Waals surface area contributed by atoms with E-state index in [1.807, 2.05) is 0 Å². The van der Waals surface area contributed by atoms with Crippen LogP contribution in [0.25, 0.3) is 0 Å². The number of hydrogen-bond acceptors (Lipinski definition) is 3. The van der Waals surface area contributed by atoms with Gasteiger partial charge in [-0.1, -0.05) is 11.6 Å². The number of nitrogens with zero attached hydrogens (tertiary/aromatic N) is 1. The number of rotatable bonds is 2. The van der Waals surface area contributed by atoms with Gasteiger partial charge in [-0.3, -0.25) is 4.79 Å². The summed E-state index contributed by atoms with van der Waals surface area (Å²) in [4.78, 5) is 24.3. The van der Waals surface area contributed by atoms with Gasteiger partial charge < -0.3 is 15.1 Å². The van der Waals surface area contributed by atoms with Crippen molar-refractivity contribution in [2.45, 2.75) is 18.6 Å². The predicted octanol–water partition coefficient (Wildman–Crippen LogP) is 1.00. The average molecular weight is 270 g/mol. The van der Waals surface area contributed by atoms with Crippen molar-refractivity contribution in [1.82, 2.24) is 4.90 Å². The lowest BCUT2D eigenvalue weighted by Gasteiger charge is -2.21. The SMILES string of the molecule is O=C(O)[C@@H]1CC(O)CN1C(=O)c1ccc(Cl)cc1. The van der Waals surface area contributed by atoms with E-state index in [-0.39, 0.29) is 13.0 Å². The second kappa shape index (κ2) is 4.96. The first-order chi connectivity index (χ1) is 8.49. The Bertz CT molecular complexity index is 473. The van der Waals surface area contributed by atoms with E-state index >= 15 is 0 Å². The molecule has 96 valence electrons. The van der Waals surface area contributed by atoms with Gasteiger partial charge in [0.25, 0.3) is 5.91 Å². The highest BCUT2D eigenvalue weighted by molar-refractivity contribution is 6.30. The number of likely N-dealkylation sites (tertiary alicyclic amines) is 1. The third-order valence-corrected chi connectivity index (χ3v) is 3.17. The first kappa shape index (κ1) is 12.9. The van der Waals surface area contributed by atoms with Gasteiger partial charge in [0.05, 0.1) is 6.10 Å². The Morgan fingerprint density at radius 3 is 2.44 bits per heavy atom. The molecule has 1 aliphatic rings. The van der Waals surface area contributed by atoms with Crippen LogP contribution in [0.15, 0.2) is 24.3 Å². The van der Waals surface area contributed by atoms with E-state index < -0.39 is 24.0 Å². The Morgan fingerprint density at radius 1 is 1.28 bits per heavy atom. The highest BCUT2D eigenvalue weighted by atomic mass is 35.5. The summed E-state index contributed by atoms with van der Waals surface area (Å²) >= 11 is 5.72. The summed E-state index contributed by atoms with van der Waals surface area (Å²) in [7, 11) is 0. The van der Waals surface area contributed by atoms with Crippen LogP contribution < -0.4 is 0 Å². The summed E-state index contributed by atoms with van der Waals surface area (Å²) in [6, 6.07) is 5.24. The number of carbonyl (C=O) groups excluding carboxylic acids is 1. The standard InChI is InChI=1S/C12H12ClNO4/c13-8-3-1-7(2-4-8)11(16)14-6-9(15)5-10(14)12(17)18/h1-4,9-10,15H,5-6H2,(H,17,18)/t9?,10-/m0/s1. The van der Waals surface area contributed by atoms with E-state index in [1.54, 1.807) is 12.1 Å². The summed E-state index contributed by atoms with van der Waals surface area (Å²) < 4.78 is 0. The lowest BCUT2D eigenvalue weighted by Crippen LogP contribution is -2.40. The molecule has 0 aromatic heterocycles. The smallest absolute Gasteiger partial charge is 0.326 e. The summed E-state index contributed by atoms with van der Waals surface area (Å²) in [5, 5.41) is 19.0. The number of carbonyl (C=O) groups is 2. The topological polar surface area (TPSA) is 77.8 Å². The number of aliphatic hydroxyl groups excluding tert-OH is 1. The maximum absolute atomic E-state index is 12.1. The highest BCUT2D eigenvalue weighted by Gasteiger charge is 2.39. The van der Waals surface area contributed by atoms with E-state index in [0.717, 1.165) is 0 Å². The molecule has 1 aromatic carbocycles. The third kappa shape index (κ3) is 2.47. The zero-order valence-electron chi connectivity index (χ0n) is 9.41. The molecule has 2 atom stereocenters. The van der Waals surface area contributed by atoms with Crippen LogP contribution in [0.2, 0.25) is 5.02 Å². The van der Waals surface area contributed by atoms with Gasteiger partial charge in [0, 0.05) is 23.6 Å². The quantitative estimate of drug-likeness (QED) is 0.840. The molecule has 0 aliphatic carbocycles. The molecule has 0 spiro atoms. The number of benzene rings is 1. The van der Waals surface area contributed by atoms with Gasteiger partial charge in [0.1, 0.15) is 6.04 Å². The zero-order valence-corrected chi connectivity index (χ0v) is 10.2. The molecule has 0 saturated carbocycles. The Kier molecular flexibility index (Phi) is 3.54. The summed E-state index contributed by atoms with van der Waals surface area (Å²) in [6.07, 6.45) is -0.725. The fourth-order valence-electron chi connectivity index (χ4n) is 2.03. The predicted molar refractivity (Wildman–Crippen MR) is 64.5 cm³/mol. The fraction of sp³-hybridized carbons (Fsp3) is 0.333. The average Bonchev–Trinajstić information content (AvgIpc) is 2.71. The number of hydrogen-bond donors (Lipinski definition) is 2. The highest BCUT2D eigenvalue weighted by Crippen LogP contribution is 2.21. The number of amides is 1. The van der Waals surface area contributed by atoms with Crippen molar-refractivity contribution in [3.63, 3.8) is 0 Å². The van der Waals surface area contributed by atoms with Crippen LogP contribution in [0.1, 0.15) is 16.8 Å². The molecular formula is C12H12ClNO4. The van der Waals surface area contributed by atoms with Crippen LogP contribution in [-0.2, 0) is 4.79 Å². The van der Waals surface area contributed by atoms with Crippen molar-refractivity contribution < 1.29 is 19.8 Å². The Balaban J connectivity index is 2.22. The molecule has 5 nitrogen and oxygen atoms in total. The van der Waals surface area contributed by atoms with Crippen LogP contribution in [-0.4, -0.2) is 45.7 Å². The number of aliphatic hydroxyl groups is 1. The largest absolute Gasteiger partial charge is 0.480 e. The Hall–Kier alpha value is -1.59. The maximum Gasteiger partial charge on any atom is 0.326 e. The van der Waals surface area contributed by atoms with E-state index in [0.29, 0.717) is 10.6 Å². The molecular weight excluding hydrogens is 258 g/mol. The maximum atomic E-state index is 12.1. The van der Waals surface area contributed by atoms with Crippen molar-refractivity contribution in [1.29, 1.82) is 0 Å². The molecule has 2 N–H and O–H groups in total. The van der Waals surface area contributed by atoms with Crippen molar-refractivity contribution in [2.24, 2.45) is 0 Å². The van der Waals surface area contributed by atoms with E-state index in [1.165, 1.54) is 17.0 Å². The second-order valence-electron chi connectivity index (χ2n) is 4.21. The van der Waals surface area contributed by atoms with Gasteiger partial charge in [0.2, 0.25) is 0 Å². The Morgan fingerprint density at radius 2 is 1.89 bits per heavy atom. The molecule has 1 amide bonds. The first-order valence-electron chi connectivity index (χ1n) is 5.46. The van der Waals surface area contributed by atoms with Crippen LogP contribution in [0.3, 0.4) is 0 Å². The monoisotopic (exact) mass is 269 g/mol. The van der Waals surface area contributed by atoms with Crippen molar-refractivity contribution in [3.05, 3.63) is 34.9 Å². The van der Waals surface area contributed by atoms with Gasteiger partial charge in [0.15, 0.2) is 0 Å². The summed E-state index contributed by atoms with van der Waals surface area (Å²) in [5.41, 5.74) is 0.361. The molecule has 2 rings (SSSR count). The van der Waals surface area contributed by atoms with E-state index in [2.05, 4.69) is 0 Å². The minimum Gasteiger partial charge on any atom is -0.480 e. The van der Waals surface area contributed by atoms with Crippen LogP contribution >= 0.6 is 11.6 Å². The molecule has 0 radical (unpaired) electrons. The fourth-order valence-corrected chi connectivity index (χ4v) is 2.16. The van der Waals surface area contributed by atoms with Crippen LogP contribution in [0.5, 0.6) is 0 Å². The Labute approximate surface area is 109 Å². The summed E-state index contributed by atoms with van der Waals surface area (Å²) in [5.74, 6) is -1.51.